The average Bonchev–Trinajstić information content (AvgIpc) is 2.26. The molecule has 2 nitrogen and oxygen atoms in total. The highest BCUT2D eigenvalue weighted by atomic mass is 127. The Balaban J connectivity index is 3.03. The minimum absolute atomic E-state index is 0.0151. The van der Waals surface area contributed by atoms with Crippen LogP contribution in [-0.2, 0) is 4.79 Å². The Hall–Kier alpha value is -0.550. The molecule has 0 aliphatic heterocycles. The first-order valence-corrected chi connectivity index (χ1v) is 6.03. The van der Waals surface area contributed by atoms with Gasteiger partial charge in [-0.25, -0.2) is 0 Å². The topological polar surface area (TPSA) is 20.3 Å². The largest absolute Gasteiger partial charge is 0.307 e. The lowest BCUT2D eigenvalue weighted by Gasteiger charge is -2.21. The number of para-hydroxylation sites is 1. The van der Waals surface area contributed by atoms with Crippen LogP contribution in [0.1, 0.15) is 0 Å². The minimum Gasteiger partial charge on any atom is -0.307 e. The molecule has 4 heteroatoms. The molecule has 0 saturated heterocycles. The summed E-state index contributed by atoms with van der Waals surface area (Å²) >= 11 is 7.75. The Morgan fingerprint density at radius 3 is 2.73 bits per heavy atom. The third-order valence-corrected chi connectivity index (χ3v) is 3.01. The molecule has 15 heavy (non-hydrogen) atoms. The van der Waals surface area contributed by atoms with Crippen LogP contribution in [0.3, 0.4) is 0 Å². The summed E-state index contributed by atoms with van der Waals surface area (Å²) in [4.78, 5) is 13.2. The molecule has 1 amide bonds. The number of carbonyl (C=O) groups excluding carboxylic acids is 1. The molecule has 0 aliphatic rings. The molecule has 80 valence electrons. The predicted octanol–water partition coefficient (Wildman–Crippen LogP) is 3.05. The van der Waals surface area contributed by atoms with Crippen LogP contribution in [0.2, 0.25) is 0 Å². The fourth-order valence-electron chi connectivity index (χ4n) is 1.21. The molecule has 0 bridgehead atoms. The summed E-state index contributed by atoms with van der Waals surface area (Å²) < 4.78 is 1.02. The lowest BCUT2D eigenvalue weighted by atomic mass is 10.3. The van der Waals surface area contributed by atoms with Crippen molar-refractivity contribution in [2.45, 2.75) is 0 Å². The molecule has 1 aromatic rings. The Morgan fingerprint density at radius 2 is 2.20 bits per heavy atom. The van der Waals surface area contributed by atoms with Gasteiger partial charge in [0.25, 0.3) is 0 Å². The van der Waals surface area contributed by atoms with Crippen molar-refractivity contribution in [1.29, 1.82) is 0 Å². The molecule has 0 N–H and O–H groups in total. The van der Waals surface area contributed by atoms with E-state index in [1.165, 1.54) is 0 Å². The molecular weight excluding hydrogens is 324 g/mol. The van der Waals surface area contributed by atoms with E-state index in [1.54, 1.807) is 11.0 Å². The number of amides is 1. The van der Waals surface area contributed by atoms with E-state index in [-0.39, 0.29) is 11.8 Å². The first-order valence-electron chi connectivity index (χ1n) is 4.42. The molecule has 0 heterocycles. The van der Waals surface area contributed by atoms with Gasteiger partial charge in [0.05, 0.1) is 5.69 Å². The van der Waals surface area contributed by atoms with Crippen LogP contribution >= 0.6 is 34.2 Å². The molecule has 0 radical (unpaired) electrons. The van der Waals surface area contributed by atoms with E-state index in [2.05, 4.69) is 29.2 Å². The van der Waals surface area contributed by atoms with Gasteiger partial charge in [0.1, 0.15) is 5.88 Å². The van der Waals surface area contributed by atoms with Crippen molar-refractivity contribution in [1.82, 2.24) is 0 Å². The summed E-state index contributed by atoms with van der Waals surface area (Å²) in [5.41, 5.74) is 0.878. The number of benzene rings is 1. The zero-order valence-electron chi connectivity index (χ0n) is 8.12. The van der Waals surface area contributed by atoms with Crippen molar-refractivity contribution in [2.24, 2.45) is 0 Å². The van der Waals surface area contributed by atoms with Crippen LogP contribution in [0.25, 0.3) is 0 Å². The summed E-state index contributed by atoms with van der Waals surface area (Å²) in [6, 6.07) is 7.68. The highest BCUT2D eigenvalue weighted by molar-refractivity contribution is 14.1. The SMILES string of the molecule is C=CCN(C(=O)CCl)c1ccccc1I. The zero-order valence-corrected chi connectivity index (χ0v) is 11.0. The van der Waals surface area contributed by atoms with E-state index in [4.69, 9.17) is 11.6 Å². The van der Waals surface area contributed by atoms with Crippen molar-refractivity contribution in [2.75, 3.05) is 17.3 Å². The third-order valence-electron chi connectivity index (χ3n) is 1.87. The third kappa shape index (κ3) is 3.21. The second kappa shape index (κ2) is 6.12. The maximum atomic E-state index is 11.6. The van der Waals surface area contributed by atoms with Gasteiger partial charge in [-0.05, 0) is 34.7 Å². The van der Waals surface area contributed by atoms with Crippen molar-refractivity contribution in [3.8, 4) is 0 Å². The van der Waals surface area contributed by atoms with Crippen LogP contribution in [0.4, 0.5) is 5.69 Å². The average molecular weight is 336 g/mol. The number of carbonyl (C=O) groups is 1. The Labute approximate surface area is 108 Å². The number of nitrogens with zero attached hydrogens (tertiary/aromatic N) is 1. The first kappa shape index (κ1) is 12.5. The summed E-state index contributed by atoms with van der Waals surface area (Å²) in [7, 11) is 0. The second-order valence-corrected chi connectivity index (χ2v) is 4.31. The summed E-state index contributed by atoms with van der Waals surface area (Å²) in [6.45, 7) is 4.11. The molecule has 0 saturated carbocycles. The lowest BCUT2D eigenvalue weighted by molar-refractivity contribution is -0.116. The van der Waals surface area contributed by atoms with Gasteiger partial charge in [0, 0.05) is 10.1 Å². The Morgan fingerprint density at radius 1 is 1.53 bits per heavy atom. The highest BCUT2D eigenvalue weighted by Crippen LogP contribution is 2.22. The van der Waals surface area contributed by atoms with Crippen LogP contribution in [0.15, 0.2) is 36.9 Å². The van der Waals surface area contributed by atoms with Crippen molar-refractivity contribution in [3.63, 3.8) is 0 Å². The number of alkyl halides is 1. The molecule has 1 rings (SSSR count). The lowest BCUT2D eigenvalue weighted by Crippen LogP contribution is -2.32. The standard InChI is InChI=1S/C11H11ClINO/c1-2-7-14(11(15)8-12)10-6-4-3-5-9(10)13/h2-6H,1,7-8H2. The van der Waals surface area contributed by atoms with Gasteiger partial charge in [-0.1, -0.05) is 18.2 Å². The van der Waals surface area contributed by atoms with Crippen LogP contribution < -0.4 is 4.90 Å². The molecular formula is C11H11ClINO. The monoisotopic (exact) mass is 335 g/mol. The van der Waals surface area contributed by atoms with E-state index in [9.17, 15) is 4.79 Å². The number of halogens is 2. The van der Waals surface area contributed by atoms with Crippen molar-refractivity contribution >= 4 is 45.8 Å². The smallest absolute Gasteiger partial charge is 0.242 e. The number of rotatable bonds is 4. The van der Waals surface area contributed by atoms with Crippen LogP contribution in [0.5, 0.6) is 0 Å². The zero-order chi connectivity index (χ0) is 11.3. The van der Waals surface area contributed by atoms with Gasteiger partial charge in [-0.15, -0.1) is 18.2 Å². The second-order valence-electron chi connectivity index (χ2n) is 2.88. The molecule has 0 unspecified atom stereocenters. The molecule has 0 atom stereocenters. The number of hydrogen-bond acceptors (Lipinski definition) is 1. The Bertz CT molecular complexity index is 367. The summed E-state index contributed by atoms with van der Waals surface area (Å²) in [5.74, 6) is -0.126. The van der Waals surface area contributed by atoms with Crippen LogP contribution in [0, 0.1) is 3.57 Å². The van der Waals surface area contributed by atoms with Gasteiger partial charge < -0.3 is 4.90 Å². The van der Waals surface area contributed by atoms with Gasteiger partial charge in [-0.3, -0.25) is 4.79 Å². The maximum absolute atomic E-state index is 11.6. The minimum atomic E-state index is -0.110. The van der Waals surface area contributed by atoms with Crippen molar-refractivity contribution in [3.05, 3.63) is 40.5 Å². The van der Waals surface area contributed by atoms with E-state index < -0.39 is 0 Å². The fourth-order valence-corrected chi connectivity index (χ4v) is 2.03. The van der Waals surface area contributed by atoms with Gasteiger partial charge in [0.15, 0.2) is 0 Å². The molecule has 0 aromatic heterocycles. The van der Waals surface area contributed by atoms with Gasteiger partial charge >= 0.3 is 0 Å². The fraction of sp³-hybridized carbons (Fsp3) is 0.182. The van der Waals surface area contributed by atoms with E-state index in [1.807, 2.05) is 24.3 Å². The van der Waals surface area contributed by atoms with Crippen LogP contribution in [-0.4, -0.2) is 18.3 Å². The predicted molar refractivity (Wildman–Crippen MR) is 72.4 cm³/mol. The molecule has 1 aromatic carbocycles. The molecule has 0 spiro atoms. The van der Waals surface area contributed by atoms with E-state index >= 15 is 0 Å². The first-order chi connectivity index (χ1) is 7.20. The van der Waals surface area contributed by atoms with Gasteiger partial charge in [-0.2, -0.15) is 0 Å². The van der Waals surface area contributed by atoms with E-state index in [0.29, 0.717) is 6.54 Å². The number of anilines is 1. The van der Waals surface area contributed by atoms with E-state index in [0.717, 1.165) is 9.26 Å². The quantitative estimate of drug-likeness (QED) is 0.470. The normalized spacial score (nSPS) is 9.73. The van der Waals surface area contributed by atoms with Crippen molar-refractivity contribution < 1.29 is 4.79 Å². The highest BCUT2D eigenvalue weighted by Gasteiger charge is 2.14. The summed E-state index contributed by atoms with van der Waals surface area (Å²) in [6.07, 6.45) is 1.69. The Kier molecular flexibility index (Phi) is 5.11. The van der Waals surface area contributed by atoms with Gasteiger partial charge in [0.2, 0.25) is 5.91 Å². The summed E-state index contributed by atoms with van der Waals surface area (Å²) in [5, 5.41) is 0. The molecule has 0 fully saturated rings. The molecule has 0 aliphatic carbocycles. The maximum Gasteiger partial charge on any atom is 0.242 e. The number of hydrogen-bond donors (Lipinski definition) is 0.